The minimum Gasteiger partial charge on any atom is -0.454 e. The molecule has 1 atom stereocenters. The summed E-state index contributed by atoms with van der Waals surface area (Å²) < 4.78 is 24.8. The third-order valence-electron chi connectivity index (χ3n) is 6.10. The lowest BCUT2D eigenvalue weighted by Gasteiger charge is -2.20. The van der Waals surface area contributed by atoms with E-state index in [1.54, 1.807) is 42.3 Å². The second-order valence-electron chi connectivity index (χ2n) is 8.93. The van der Waals surface area contributed by atoms with Crippen LogP contribution in [0.15, 0.2) is 65.7 Å². The SMILES string of the molecule is CN(C)CC(=O)N(C)c1ccc(N=C(c2ccc3c(c2)OCO3)C2C(=O)Nc3cc(F)ccc32)cc1. The van der Waals surface area contributed by atoms with E-state index in [0.29, 0.717) is 46.3 Å². The number of anilines is 2. The summed E-state index contributed by atoms with van der Waals surface area (Å²) in [7, 11) is 5.40. The van der Waals surface area contributed by atoms with E-state index in [1.165, 1.54) is 12.1 Å². The Labute approximate surface area is 207 Å². The summed E-state index contributed by atoms with van der Waals surface area (Å²) in [6.45, 7) is 0.417. The number of aliphatic imine (C=N–C) groups is 1. The summed E-state index contributed by atoms with van der Waals surface area (Å²) in [5.41, 5.74) is 3.56. The Hall–Kier alpha value is -4.24. The highest BCUT2D eigenvalue weighted by Crippen LogP contribution is 2.39. The van der Waals surface area contributed by atoms with Crippen molar-refractivity contribution < 1.29 is 23.5 Å². The van der Waals surface area contributed by atoms with Crippen LogP contribution in [0.1, 0.15) is 17.0 Å². The molecule has 9 heteroatoms. The molecule has 0 aliphatic carbocycles. The zero-order valence-electron chi connectivity index (χ0n) is 20.1. The Balaban J connectivity index is 1.54. The van der Waals surface area contributed by atoms with E-state index < -0.39 is 11.7 Å². The first kappa shape index (κ1) is 23.5. The van der Waals surface area contributed by atoms with Gasteiger partial charge in [0, 0.05) is 24.0 Å². The van der Waals surface area contributed by atoms with Crippen LogP contribution in [0.25, 0.3) is 0 Å². The molecular weight excluding hydrogens is 463 g/mol. The number of fused-ring (bicyclic) bond motifs is 2. The van der Waals surface area contributed by atoms with Crippen LogP contribution in [0.3, 0.4) is 0 Å². The second kappa shape index (κ2) is 9.43. The van der Waals surface area contributed by atoms with Crippen molar-refractivity contribution in [3.05, 3.63) is 77.6 Å². The van der Waals surface area contributed by atoms with E-state index in [9.17, 15) is 14.0 Å². The van der Waals surface area contributed by atoms with Crippen LogP contribution in [0, 0.1) is 5.82 Å². The van der Waals surface area contributed by atoms with Gasteiger partial charge in [0.2, 0.25) is 18.6 Å². The molecule has 0 radical (unpaired) electrons. The maximum absolute atomic E-state index is 13.8. The zero-order valence-corrected chi connectivity index (χ0v) is 20.1. The molecule has 0 fully saturated rings. The molecule has 0 spiro atoms. The maximum atomic E-state index is 13.8. The molecule has 0 bridgehead atoms. The van der Waals surface area contributed by atoms with Crippen molar-refractivity contribution in [2.45, 2.75) is 5.92 Å². The summed E-state index contributed by atoms with van der Waals surface area (Å²) in [5.74, 6) is -0.327. The number of hydrogen-bond acceptors (Lipinski definition) is 6. The molecule has 3 aromatic carbocycles. The van der Waals surface area contributed by atoms with Crippen molar-refractivity contribution in [1.29, 1.82) is 0 Å². The molecule has 2 amide bonds. The van der Waals surface area contributed by atoms with Gasteiger partial charge in [-0.25, -0.2) is 4.39 Å². The van der Waals surface area contributed by atoms with Gasteiger partial charge in [0.05, 0.1) is 17.9 Å². The van der Waals surface area contributed by atoms with E-state index >= 15 is 0 Å². The number of rotatable bonds is 6. The van der Waals surface area contributed by atoms with E-state index in [4.69, 9.17) is 14.5 Å². The Kier molecular flexibility index (Phi) is 6.15. The monoisotopic (exact) mass is 488 g/mol. The predicted octanol–water partition coefficient (Wildman–Crippen LogP) is 3.94. The standard InChI is InChI=1S/C27H25FN4O4/c1-31(2)14-24(33)32(3)19-8-6-18(7-9-19)29-26(16-4-11-22-23(12-16)36-15-35-22)25-20-10-5-17(28)13-21(20)30-27(25)34/h4-13,25H,14-15H2,1-3H3,(H,30,34). The minimum absolute atomic E-state index is 0.0382. The Bertz CT molecular complexity index is 1370. The number of amides is 2. The van der Waals surface area contributed by atoms with Crippen molar-refractivity contribution in [3.8, 4) is 11.5 Å². The van der Waals surface area contributed by atoms with E-state index in [2.05, 4.69) is 5.32 Å². The molecular formula is C27H25FN4O4. The third kappa shape index (κ3) is 4.52. The smallest absolute Gasteiger partial charge is 0.240 e. The first-order valence-corrected chi connectivity index (χ1v) is 11.4. The molecule has 5 rings (SSSR count). The molecule has 8 nitrogen and oxygen atoms in total. The Morgan fingerprint density at radius 2 is 1.78 bits per heavy atom. The van der Waals surface area contributed by atoms with Gasteiger partial charge in [-0.3, -0.25) is 14.6 Å². The fourth-order valence-corrected chi connectivity index (χ4v) is 4.27. The number of carbonyl (C=O) groups excluding carboxylic acids is 2. The summed E-state index contributed by atoms with van der Waals surface area (Å²) >= 11 is 0. The van der Waals surface area contributed by atoms with Crippen molar-refractivity contribution in [3.63, 3.8) is 0 Å². The van der Waals surface area contributed by atoms with Crippen molar-refractivity contribution in [1.82, 2.24) is 4.90 Å². The van der Waals surface area contributed by atoms with Crippen molar-refractivity contribution in [2.24, 2.45) is 4.99 Å². The van der Waals surface area contributed by atoms with Crippen LogP contribution in [0.2, 0.25) is 0 Å². The lowest BCUT2D eigenvalue weighted by Crippen LogP contribution is -2.34. The van der Waals surface area contributed by atoms with Crippen LogP contribution < -0.4 is 19.7 Å². The molecule has 184 valence electrons. The molecule has 0 saturated carbocycles. The summed E-state index contributed by atoms with van der Waals surface area (Å²) in [5, 5.41) is 2.76. The average Bonchev–Trinajstić information content (AvgIpc) is 3.44. The van der Waals surface area contributed by atoms with Gasteiger partial charge < -0.3 is 24.6 Å². The number of carbonyl (C=O) groups is 2. The van der Waals surface area contributed by atoms with E-state index in [1.807, 2.05) is 37.2 Å². The molecule has 0 aromatic heterocycles. The van der Waals surface area contributed by atoms with Gasteiger partial charge in [-0.15, -0.1) is 0 Å². The summed E-state index contributed by atoms with van der Waals surface area (Å²) in [6, 6.07) is 16.8. The highest BCUT2D eigenvalue weighted by molar-refractivity contribution is 6.24. The molecule has 0 saturated heterocycles. The normalized spacial score (nSPS) is 16.2. The lowest BCUT2D eigenvalue weighted by molar-refractivity contribution is -0.119. The minimum atomic E-state index is -0.745. The van der Waals surface area contributed by atoms with Gasteiger partial charge >= 0.3 is 0 Å². The number of ether oxygens (including phenoxy) is 2. The highest BCUT2D eigenvalue weighted by atomic mass is 19.1. The molecule has 1 unspecified atom stereocenters. The highest BCUT2D eigenvalue weighted by Gasteiger charge is 2.36. The third-order valence-corrected chi connectivity index (χ3v) is 6.10. The van der Waals surface area contributed by atoms with Gasteiger partial charge in [0.1, 0.15) is 11.7 Å². The summed E-state index contributed by atoms with van der Waals surface area (Å²) in [4.78, 5) is 33.7. The fraction of sp³-hybridized carbons (Fsp3) is 0.222. The van der Waals surface area contributed by atoms with Crippen LogP contribution >= 0.6 is 0 Å². The first-order valence-electron chi connectivity index (χ1n) is 11.4. The zero-order chi connectivity index (χ0) is 25.4. The van der Waals surface area contributed by atoms with Crippen LogP contribution in [0.4, 0.5) is 21.5 Å². The van der Waals surface area contributed by atoms with Gasteiger partial charge in [-0.2, -0.15) is 0 Å². The lowest BCUT2D eigenvalue weighted by atomic mass is 9.90. The van der Waals surface area contributed by atoms with E-state index in [-0.39, 0.29) is 18.6 Å². The number of nitrogens with one attached hydrogen (secondary N) is 1. The molecule has 2 aliphatic heterocycles. The second-order valence-corrected chi connectivity index (χ2v) is 8.93. The summed E-state index contributed by atoms with van der Waals surface area (Å²) in [6.07, 6.45) is 0. The van der Waals surface area contributed by atoms with Crippen LogP contribution in [-0.4, -0.2) is 56.9 Å². The molecule has 2 heterocycles. The molecule has 2 aliphatic rings. The van der Waals surface area contributed by atoms with Crippen molar-refractivity contribution >= 4 is 34.6 Å². The van der Waals surface area contributed by atoms with Gasteiger partial charge in [0.25, 0.3) is 0 Å². The van der Waals surface area contributed by atoms with E-state index in [0.717, 1.165) is 5.69 Å². The Morgan fingerprint density at radius 3 is 2.53 bits per heavy atom. The van der Waals surface area contributed by atoms with Gasteiger partial charge in [0.15, 0.2) is 11.5 Å². The van der Waals surface area contributed by atoms with Crippen LogP contribution in [0.5, 0.6) is 11.5 Å². The molecule has 3 aromatic rings. The molecule has 36 heavy (non-hydrogen) atoms. The molecule has 1 N–H and O–H groups in total. The maximum Gasteiger partial charge on any atom is 0.240 e. The average molecular weight is 489 g/mol. The number of halogens is 1. The van der Waals surface area contributed by atoms with Crippen LogP contribution in [-0.2, 0) is 9.59 Å². The first-order chi connectivity index (χ1) is 17.3. The Morgan fingerprint density at radius 1 is 1.03 bits per heavy atom. The largest absolute Gasteiger partial charge is 0.454 e. The fourth-order valence-electron chi connectivity index (χ4n) is 4.27. The predicted molar refractivity (Wildman–Crippen MR) is 135 cm³/mol. The number of likely N-dealkylation sites (N-methyl/N-ethyl adjacent to an activating group) is 2. The number of benzene rings is 3. The number of hydrogen-bond donors (Lipinski definition) is 1. The van der Waals surface area contributed by atoms with Gasteiger partial charge in [-0.1, -0.05) is 6.07 Å². The van der Waals surface area contributed by atoms with Crippen molar-refractivity contribution in [2.75, 3.05) is 44.7 Å². The quantitative estimate of drug-likeness (QED) is 0.532. The van der Waals surface area contributed by atoms with Gasteiger partial charge in [-0.05, 0) is 74.3 Å². The topological polar surface area (TPSA) is 83.5 Å². The number of nitrogens with zero attached hydrogens (tertiary/aromatic N) is 3.